The number of hydrogen-bond acceptors (Lipinski definition) is 4. The maximum Gasteiger partial charge on any atom is 0.207 e. The minimum atomic E-state index is 0.522. The Hall–Kier alpha value is -2.35. The fourth-order valence-electron chi connectivity index (χ4n) is 0.999. The molecule has 2 N–H and O–H groups in total. The predicted molar refractivity (Wildman–Crippen MR) is 59.2 cm³/mol. The highest BCUT2D eigenvalue weighted by Gasteiger charge is 1.91. The lowest BCUT2D eigenvalue weighted by Crippen LogP contribution is -2.10. The van der Waals surface area contributed by atoms with Crippen molar-refractivity contribution in [3.8, 4) is 11.8 Å². The van der Waals surface area contributed by atoms with Gasteiger partial charge in [0.05, 0.1) is 11.9 Å². The standard InChI is InChI=1S/C11H11N3O2/c15-9-12-7-2-1-4-10-5-3-6-11(14-10)8-13-16/h3,5-6,8-9,16H,2,7H2,(H,12,15). The van der Waals surface area contributed by atoms with E-state index in [2.05, 4.69) is 27.3 Å². The summed E-state index contributed by atoms with van der Waals surface area (Å²) in [7, 11) is 0. The SMILES string of the molecule is O=CNCCC#Cc1cccc(C=NO)n1. The molecule has 0 aliphatic rings. The van der Waals surface area contributed by atoms with Crippen molar-refractivity contribution in [3.05, 3.63) is 29.6 Å². The van der Waals surface area contributed by atoms with Crippen LogP contribution in [0, 0.1) is 11.8 Å². The van der Waals surface area contributed by atoms with E-state index in [1.165, 1.54) is 6.21 Å². The molecule has 0 saturated heterocycles. The monoisotopic (exact) mass is 217 g/mol. The van der Waals surface area contributed by atoms with E-state index in [1.54, 1.807) is 18.2 Å². The first-order valence-corrected chi connectivity index (χ1v) is 4.67. The van der Waals surface area contributed by atoms with E-state index >= 15 is 0 Å². The van der Waals surface area contributed by atoms with Crippen LogP contribution in [0.2, 0.25) is 0 Å². The van der Waals surface area contributed by atoms with Crippen LogP contribution < -0.4 is 5.32 Å². The average Bonchev–Trinajstić information content (AvgIpc) is 2.30. The van der Waals surface area contributed by atoms with E-state index < -0.39 is 0 Å². The Morgan fingerprint density at radius 1 is 1.56 bits per heavy atom. The number of carbonyl (C=O) groups excluding carboxylic acids is 1. The summed E-state index contributed by atoms with van der Waals surface area (Å²) < 4.78 is 0. The third-order valence-corrected chi connectivity index (χ3v) is 1.65. The number of pyridine rings is 1. The van der Waals surface area contributed by atoms with Gasteiger partial charge in [0, 0.05) is 13.0 Å². The van der Waals surface area contributed by atoms with Crippen LogP contribution in [0.5, 0.6) is 0 Å². The van der Waals surface area contributed by atoms with Gasteiger partial charge >= 0.3 is 0 Å². The maximum atomic E-state index is 9.94. The minimum Gasteiger partial charge on any atom is -0.411 e. The summed E-state index contributed by atoms with van der Waals surface area (Å²) in [4.78, 5) is 14.1. The molecule has 0 saturated carbocycles. The van der Waals surface area contributed by atoms with Crippen molar-refractivity contribution >= 4 is 12.6 Å². The summed E-state index contributed by atoms with van der Waals surface area (Å²) in [5, 5.41) is 13.7. The molecule has 0 spiro atoms. The van der Waals surface area contributed by atoms with Gasteiger partial charge in [-0.05, 0) is 18.1 Å². The summed E-state index contributed by atoms with van der Waals surface area (Å²) in [6.45, 7) is 0.522. The summed E-state index contributed by atoms with van der Waals surface area (Å²) in [6, 6.07) is 5.24. The van der Waals surface area contributed by atoms with Gasteiger partial charge in [-0.3, -0.25) is 4.79 Å². The van der Waals surface area contributed by atoms with Gasteiger partial charge in [0.2, 0.25) is 6.41 Å². The Labute approximate surface area is 93.2 Å². The van der Waals surface area contributed by atoms with Crippen LogP contribution in [0.3, 0.4) is 0 Å². The van der Waals surface area contributed by atoms with E-state index in [0.717, 1.165) is 0 Å². The van der Waals surface area contributed by atoms with Gasteiger partial charge in [-0.25, -0.2) is 4.98 Å². The van der Waals surface area contributed by atoms with Gasteiger partial charge in [-0.1, -0.05) is 17.1 Å². The summed E-state index contributed by atoms with van der Waals surface area (Å²) >= 11 is 0. The van der Waals surface area contributed by atoms with Gasteiger partial charge in [0.25, 0.3) is 0 Å². The van der Waals surface area contributed by atoms with Gasteiger partial charge in [0.1, 0.15) is 5.69 Å². The van der Waals surface area contributed by atoms with Crippen molar-refractivity contribution in [2.75, 3.05) is 6.54 Å². The molecule has 1 amide bonds. The number of rotatable bonds is 4. The van der Waals surface area contributed by atoms with E-state index in [0.29, 0.717) is 30.8 Å². The Balaban J connectivity index is 2.58. The Kier molecular flexibility index (Phi) is 5.14. The van der Waals surface area contributed by atoms with Crippen LogP contribution in [0.25, 0.3) is 0 Å². The fourth-order valence-corrected chi connectivity index (χ4v) is 0.999. The van der Waals surface area contributed by atoms with Crippen molar-refractivity contribution in [2.45, 2.75) is 6.42 Å². The number of amides is 1. The van der Waals surface area contributed by atoms with Gasteiger partial charge in [0.15, 0.2) is 0 Å². The molecule has 1 aromatic heterocycles. The maximum absolute atomic E-state index is 9.94. The molecule has 5 heteroatoms. The van der Waals surface area contributed by atoms with Crippen LogP contribution >= 0.6 is 0 Å². The molecule has 82 valence electrons. The smallest absolute Gasteiger partial charge is 0.207 e. The van der Waals surface area contributed by atoms with Crippen LogP contribution in [0.1, 0.15) is 17.8 Å². The van der Waals surface area contributed by atoms with Crippen LogP contribution in [-0.2, 0) is 4.79 Å². The highest BCUT2D eigenvalue weighted by atomic mass is 16.4. The molecule has 0 bridgehead atoms. The first-order chi connectivity index (χ1) is 7.86. The molecule has 0 aliphatic heterocycles. The number of nitrogens with zero attached hydrogens (tertiary/aromatic N) is 2. The van der Waals surface area contributed by atoms with Gasteiger partial charge < -0.3 is 10.5 Å². The van der Waals surface area contributed by atoms with Crippen molar-refractivity contribution in [1.29, 1.82) is 0 Å². The molecule has 0 aromatic carbocycles. The first kappa shape index (κ1) is 11.7. The second kappa shape index (κ2) is 7.01. The van der Waals surface area contributed by atoms with Crippen molar-refractivity contribution in [3.63, 3.8) is 0 Å². The molecule has 0 fully saturated rings. The predicted octanol–water partition coefficient (Wildman–Crippen LogP) is 0.377. The number of aromatic nitrogens is 1. The number of carbonyl (C=O) groups is 1. The second-order valence-corrected chi connectivity index (χ2v) is 2.82. The highest BCUT2D eigenvalue weighted by Crippen LogP contribution is 1.95. The molecule has 16 heavy (non-hydrogen) atoms. The number of hydrogen-bond donors (Lipinski definition) is 2. The Bertz CT molecular complexity index is 432. The van der Waals surface area contributed by atoms with Crippen LogP contribution in [-0.4, -0.2) is 29.4 Å². The highest BCUT2D eigenvalue weighted by molar-refractivity contribution is 5.76. The first-order valence-electron chi connectivity index (χ1n) is 4.67. The quantitative estimate of drug-likeness (QED) is 0.191. The van der Waals surface area contributed by atoms with E-state index in [-0.39, 0.29) is 0 Å². The lowest BCUT2D eigenvalue weighted by molar-refractivity contribution is -0.109. The topological polar surface area (TPSA) is 74.6 Å². The van der Waals surface area contributed by atoms with E-state index in [9.17, 15) is 4.79 Å². The Morgan fingerprint density at radius 3 is 3.19 bits per heavy atom. The summed E-state index contributed by atoms with van der Waals surface area (Å²) in [6.07, 6.45) is 2.44. The third-order valence-electron chi connectivity index (χ3n) is 1.65. The lowest BCUT2D eigenvalue weighted by atomic mass is 10.3. The molecular weight excluding hydrogens is 206 g/mol. The van der Waals surface area contributed by atoms with Gasteiger partial charge in [-0.15, -0.1) is 0 Å². The molecule has 0 aliphatic carbocycles. The molecule has 1 heterocycles. The van der Waals surface area contributed by atoms with Crippen molar-refractivity contribution < 1.29 is 10.0 Å². The molecule has 1 aromatic rings. The largest absolute Gasteiger partial charge is 0.411 e. The van der Waals surface area contributed by atoms with Crippen LogP contribution in [0.15, 0.2) is 23.4 Å². The average molecular weight is 217 g/mol. The zero-order chi connectivity index (χ0) is 11.6. The molecule has 1 rings (SSSR count). The van der Waals surface area contributed by atoms with Crippen molar-refractivity contribution in [2.24, 2.45) is 5.16 Å². The number of oxime groups is 1. The van der Waals surface area contributed by atoms with Gasteiger partial charge in [-0.2, -0.15) is 0 Å². The third kappa shape index (κ3) is 4.24. The van der Waals surface area contributed by atoms with Crippen molar-refractivity contribution in [1.82, 2.24) is 10.3 Å². The summed E-state index contributed by atoms with van der Waals surface area (Å²) in [5.74, 6) is 5.71. The summed E-state index contributed by atoms with van der Waals surface area (Å²) in [5.41, 5.74) is 1.14. The molecular formula is C11H11N3O2. The second-order valence-electron chi connectivity index (χ2n) is 2.82. The number of nitrogens with one attached hydrogen (secondary N) is 1. The van der Waals surface area contributed by atoms with E-state index in [4.69, 9.17) is 5.21 Å². The molecule has 0 unspecified atom stereocenters. The fraction of sp³-hybridized carbons (Fsp3) is 0.182. The zero-order valence-corrected chi connectivity index (χ0v) is 8.55. The zero-order valence-electron chi connectivity index (χ0n) is 8.55. The Morgan fingerprint density at radius 2 is 2.44 bits per heavy atom. The lowest BCUT2D eigenvalue weighted by Gasteiger charge is -1.92. The molecule has 0 atom stereocenters. The van der Waals surface area contributed by atoms with E-state index in [1.807, 2.05) is 0 Å². The molecule has 5 nitrogen and oxygen atoms in total. The normalized spacial score (nSPS) is 9.50. The molecule has 0 radical (unpaired) electrons. The minimum absolute atomic E-state index is 0.522. The van der Waals surface area contributed by atoms with Crippen LogP contribution in [0.4, 0.5) is 0 Å².